The Morgan fingerprint density at radius 2 is 1.14 bits per heavy atom. The van der Waals surface area contributed by atoms with Crippen molar-refractivity contribution in [1.82, 2.24) is 0 Å². The van der Waals surface area contributed by atoms with Crippen LogP contribution in [0.1, 0.15) is 139 Å². The standard InChI is InChI=1S/C61H106O23/c1-31-14-10-11-18-46(69)37(7)55(76)32(2)15-12-16-34(4)60(81)82-50(22-23-53(73)74)36(6)45(68)19-13-17-40(63)25-41(64)27-47(70)38(8)56(77)39(9)48(71)28-42(65)26-43(66)29-49(72)51(24-35(5)54(75)33(3)20-21-44(31)67)83-61-59(80)58(79)57(78)52(30-62)84-61/h10,13-14,16-17,20-21,24,31-33,36-52,54-59,61-72,75-80H,11-12,15,18-19,22-23,25-30H2,1-9H3,(H,73,74). The molecule has 18 N–H and O–H groups in total. The zero-order chi connectivity index (χ0) is 63.9. The van der Waals surface area contributed by atoms with Crippen LogP contribution in [0.3, 0.4) is 0 Å². The van der Waals surface area contributed by atoms with Crippen molar-refractivity contribution in [3.8, 4) is 0 Å². The summed E-state index contributed by atoms with van der Waals surface area (Å²) in [6.07, 6.45) is -16.1. The van der Waals surface area contributed by atoms with E-state index in [9.17, 15) is 102 Å². The zero-order valence-electron chi connectivity index (χ0n) is 50.5. The average molecular weight is 1210 g/mol. The average Bonchev–Trinajstić information content (AvgIpc) is 3.25. The normalized spacial score (nSPS) is 42.6. The third kappa shape index (κ3) is 25.9. The van der Waals surface area contributed by atoms with Gasteiger partial charge in [-0.1, -0.05) is 97.1 Å². The number of ether oxygens (including phenoxy) is 3. The number of aliphatic carboxylic acids is 1. The van der Waals surface area contributed by atoms with Gasteiger partial charge in [-0.05, 0) is 83.1 Å². The van der Waals surface area contributed by atoms with Crippen molar-refractivity contribution in [3.05, 3.63) is 59.8 Å². The molecule has 27 atom stereocenters. The Hall–Kier alpha value is -3.12. The van der Waals surface area contributed by atoms with Crippen LogP contribution >= 0.6 is 0 Å². The highest BCUT2D eigenvalue weighted by Crippen LogP contribution is 2.30. The minimum atomic E-state index is -1.89. The molecular weight excluding hydrogens is 1100 g/mol. The van der Waals surface area contributed by atoms with Crippen LogP contribution in [0.25, 0.3) is 0 Å². The quantitative estimate of drug-likeness (QED) is 0.128. The minimum absolute atomic E-state index is 0.0520. The van der Waals surface area contributed by atoms with Crippen molar-refractivity contribution >= 4 is 11.9 Å². The van der Waals surface area contributed by atoms with Gasteiger partial charge in [-0.25, -0.2) is 4.79 Å². The number of rotatable bonds is 6. The Balaban J connectivity index is 2.42. The first kappa shape index (κ1) is 77.0. The van der Waals surface area contributed by atoms with E-state index in [1.165, 1.54) is 52.0 Å². The number of carboxylic acid groups (broad SMARTS) is 1. The summed E-state index contributed by atoms with van der Waals surface area (Å²) >= 11 is 0. The Morgan fingerprint density at radius 1 is 0.571 bits per heavy atom. The number of hydrogen-bond acceptors (Lipinski definition) is 22. The van der Waals surface area contributed by atoms with Gasteiger partial charge in [0.25, 0.3) is 0 Å². The molecule has 23 heteroatoms. The van der Waals surface area contributed by atoms with E-state index in [1.54, 1.807) is 52.0 Å². The van der Waals surface area contributed by atoms with Crippen molar-refractivity contribution in [2.24, 2.45) is 41.4 Å². The second-order valence-electron chi connectivity index (χ2n) is 24.2. The van der Waals surface area contributed by atoms with Crippen LogP contribution in [-0.4, -0.2) is 233 Å². The molecule has 2 aliphatic heterocycles. The molecule has 23 nitrogen and oxygen atoms in total. The highest BCUT2D eigenvalue weighted by Gasteiger charge is 2.46. The fourth-order valence-electron chi connectivity index (χ4n) is 10.5. The third-order valence-corrected chi connectivity index (χ3v) is 17.0. The van der Waals surface area contributed by atoms with Crippen LogP contribution in [0.5, 0.6) is 0 Å². The molecule has 0 bridgehead atoms. The van der Waals surface area contributed by atoms with E-state index >= 15 is 0 Å². The summed E-state index contributed by atoms with van der Waals surface area (Å²) in [5.41, 5.74) is 0.440. The van der Waals surface area contributed by atoms with Crippen LogP contribution in [0, 0.1) is 41.4 Å². The number of carboxylic acids is 1. The Kier molecular flexibility index (Phi) is 35.1. The Morgan fingerprint density at radius 3 is 1.73 bits per heavy atom. The number of carbonyl (C=O) groups excluding carboxylic acids is 1. The first-order valence-corrected chi connectivity index (χ1v) is 29.8. The van der Waals surface area contributed by atoms with Gasteiger partial charge in [-0.2, -0.15) is 0 Å². The monoisotopic (exact) mass is 1210 g/mol. The minimum Gasteiger partial charge on any atom is -0.481 e. The predicted octanol–water partition coefficient (Wildman–Crippen LogP) is 0.568. The predicted molar refractivity (Wildman–Crippen MR) is 309 cm³/mol. The SMILES string of the molecule is CC1=CCCC(C)C(O)C(C)C(O)CCC=CC(C)C(O)C=CC(C)C(O)C(C)=CC(OC2OC(CO)C(O)C(O)C2O)C(O)CC(O)CC(O)CC(O)C(C)C(O)C(C)C(O)CC(O)CC(O)C=CCC(O)C(C)C(CCC(=O)O)OC1=O. The fourth-order valence-corrected chi connectivity index (χ4v) is 10.5. The van der Waals surface area contributed by atoms with Crippen molar-refractivity contribution in [2.45, 2.75) is 262 Å². The molecule has 0 aromatic carbocycles. The molecule has 0 spiro atoms. The van der Waals surface area contributed by atoms with E-state index in [0.717, 1.165) is 0 Å². The van der Waals surface area contributed by atoms with Crippen molar-refractivity contribution < 1.29 is 116 Å². The number of hydrogen-bond donors (Lipinski definition) is 18. The molecule has 0 aromatic heterocycles. The summed E-state index contributed by atoms with van der Waals surface area (Å²) in [4.78, 5) is 24.8. The Bertz CT molecular complexity index is 2030. The van der Waals surface area contributed by atoms with Gasteiger partial charge in [-0.3, -0.25) is 4.79 Å². The number of cyclic esters (lactones) is 1. The van der Waals surface area contributed by atoms with E-state index in [-0.39, 0.29) is 55.6 Å². The molecule has 2 heterocycles. The number of aliphatic hydroxyl groups excluding tert-OH is 17. The van der Waals surface area contributed by atoms with Crippen molar-refractivity contribution in [2.75, 3.05) is 6.61 Å². The summed E-state index contributed by atoms with van der Waals surface area (Å²) in [5, 5.41) is 195. The summed E-state index contributed by atoms with van der Waals surface area (Å²) in [6.45, 7) is 13.8. The maximum atomic E-state index is 13.3. The van der Waals surface area contributed by atoms with Gasteiger partial charge in [0.2, 0.25) is 0 Å². The van der Waals surface area contributed by atoms with Crippen LogP contribution in [0.2, 0.25) is 0 Å². The van der Waals surface area contributed by atoms with E-state index in [2.05, 4.69) is 0 Å². The van der Waals surface area contributed by atoms with Gasteiger partial charge in [0.05, 0.1) is 86.0 Å². The molecule has 2 aliphatic rings. The molecular formula is C61H106O23. The van der Waals surface area contributed by atoms with E-state index in [1.807, 2.05) is 6.92 Å². The fraction of sp³-hybridized carbons (Fsp3) is 0.803. The molecule has 1 fully saturated rings. The molecule has 0 aromatic rings. The molecule has 0 aliphatic carbocycles. The maximum absolute atomic E-state index is 13.3. The lowest BCUT2D eigenvalue weighted by atomic mass is 9.82. The zero-order valence-corrected chi connectivity index (χ0v) is 50.5. The van der Waals surface area contributed by atoms with Crippen LogP contribution in [-0.2, 0) is 23.8 Å². The lowest BCUT2D eigenvalue weighted by Crippen LogP contribution is -2.60. The first-order chi connectivity index (χ1) is 39.2. The first-order valence-electron chi connectivity index (χ1n) is 29.8. The van der Waals surface area contributed by atoms with Gasteiger partial charge >= 0.3 is 11.9 Å². The summed E-state index contributed by atoms with van der Waals surface area (Å²) < 4.78 is 17.2. The molecule has 27 unspecified atom stereocenters. The molecule has 0 amide bonds. The highest BCUT2D eigenvalue weighted by atomic mass is 16.7. The van der Waals surface area contributed by atoms with Gasteiger partial charge in [0.15, 0.2) is 6.29 Å². The Labute approximate surface area is 495 Å². The second-order valence-corrected chi connectivity index (χ2v) is 24.2. The highest BCUT2D eigenvalue weighted by molar-refractivity contribution is 5.87. The third-order valence-electron chi connectivity index (χ3n) is 17.0. The number of allylic oxidation sites excluding steroid dienone is 2. The lowest BCUT2D eigenvalue weighted by Gasteiger charge is -2.41. The molecule has 488 valence electrons. The molecule has 1 saturated heterocycles. The molecule has 0 saturated carbocycles. The topological polar surface area (TPSA) is 426 Å². The van der Waals surface area contributed by atoms with Crippen molar-refractivity contribution in [3.63, 3.8) is 0 Å². The van der Waals surface area contributed by atoms with Crippen molar-refractivity contribution in [1.29, 1.82) is 0 Å². The summed E-state index contributed by atoms with van der Waals surface area (Å²) in [5.74, 6) is -6.43. The lowest BCUT2D eigenvalue weighted by molar-refractivity contribution is -0.313. The molecule has 2 rings (SSSR count). The summed E-state index contributed by atoms with van der Waals surface area (Å²) in [6, 6.07) is 0. The van der Waals surface area contributed by atoms with Crippen LogP contribution < -0.4 is 0 Å². The van der Waals surface area contributed by atoms with Gasteiger partial charge < -0.3 is 106 Å². The molecule has 84 heavy (non-hydrogen) atoms. The largest absolute Gasteiger partial charge is 0.481 e. The number of aliphatic hydroxyl groups is 17. The number of carbonyl (C=O) groups is 2. The van der Waals surface area contributed by atoms with E-state index in [0.29, 0.717) is 25.7 Å². The van der Waals surface area contributed by atoms with Crippen LogP contribution in [0.15, 0.2) is 59.8 Å². The smallest absolute Gasteiger partial charge is 0.333 e. The van der Waals surface area contributed by atoms with Crippen LogP contribution in [0.4, 0.5) is 0 Å². The van der Waals surface area contributed by atoms with Gasteiger partial charge in [-0.15, -0.1) is 0 Å². The summed E-state index contributed by atoms with van der Waals surface area (Å²) in [7, 11) is 0. The number of esters is 1. The van der Waals surface area contributed by atoms with E-state index in [4.69, 9.17) is 14.2 Å². The van der Waals surface area contributed by atoms with E-state index < -0.39 is 189 Å². The maximum Gasteiger partial charge on any atom is 0.333 e. The van der Waals surface area contributed by atoms with Gasteiger partial charge in [0.1, 0.15) is 36.6 Å². The van der Waals surface area contributed by atoms with Gasteiger partial charge in [0, 0.05) is 60.3 Å². The second kappa shape index (κ2) is 38.3. The molecule has 0 radical (unpaired) electrons.